The number of hydrogen-bond acceptors (Lipinski definition) is 7. The van der Waals surface area contributed by atoms with Crippen LogP contribution in [0, 0.1) is 0 Å². The third kappa shape index (κ3) is 3.65. The van der Waals surface area contributed by atoms with Crippen molar-refractivity contribution in [3.05, 3.63) is 40.3 Å². The quantitative estimate of drug-likeness (QED) is 0.771. The summed E-state index contributed by atoms with van der Waals surface area (Å²) in [5.74, 6) is 0.130. The fourth-order valence-electron chi connectivity index (χ4n) is 3.42. The molecular weight excluding hydrogens is 396 g/mol. The Kier molecular flexibility index (Phi) is 5.14. The van der Waals surface area contributed by atoms with Gasteiger partial charge in [-0.1, -0.05) is 12.1 Å². The highest BCUT2D eigenvalue weighted by molar-refractivity contribution is 7.17. The highest BCUT2D eigenvalue weighted by atomic mass is 32.1. The predicted molar refractivity (Wildman–Crippen MR) is 105 cm³/mol. The molecule has 9 heteroatoms. The number of carbonyl (C=O) groups excluding carboxylic acids is 3. The molecule has 29 heavy (non-hydrogen) atoms. The number of fused-ring (bicyclic) bond motifs is 2. The minimum Gasteiger partial charge on any atom is -0.485 e. The van der Waals surface area contributed by atoms with Crippen LogP contribution < -0.4 is 14.8 Å². The maximum absolute atomic E-state index is 12.8. The lowest BCUT2D eigenvalue weighted by Gasteiger charge is -2.25. The van der Waals surface area contributed by atoms with Crippen molar-refractivity contribution < 1.29 is 28.6 Å². The van der Waals surface area contributed by atoms with E-state index in [2.05, 4.69) is 5.32 Å². The molecule has 0 saturated carbocycles. The molecule has 0 fully saturated rings. The molecule has 1 atom stereocenters. The zero-order valence-electron chi connectivity index (χ0n) is 16.0. The zero-order valence-corrected chi connectivity index (χ0v) is 16.8. The smallest absolute Gasteiger partial charge is 0.341 e. The number of amides is 2. The van der Waals surface area contributed by atoms with Crippen molar-refractivity contribution in [1.82, 2.24) is 4.90 Å². The predicted octanol–water partition coefficient (Wildman–Crippen LogP) is 2.22. The molecule has 152 valence electrons. The lowest BCUT2D eigenvalue weighted by atomic mass is 10.0. The van der Waals surface area contributed by atoms with Crippen molar-refractivity contribution >= 4 is 34.1 Å². The van der Waals surface area contributed by atoms with Crippen LogP contribution in [0.25, 0.3) is 0 Å². The molecule has 1 aromatic carbocycles. The molecule has 3 heterocycles. The largest absolute Gasteiger partial charge is 0.485 e. The molecule has 2 aliphatic rings. The van der Waals surface area contributed by atoms with E-state index in [1.165, 1.54) is 25.4 Å². The summed E-state index contributed by atoms with van der Waals surface area (Å²) < 4.78 is 16.3. The van der Waals surface area contributed by atoms with Crippen molar-refractivity contribution in [3.8, 4) is 11.5 Å². The maximum atomic E-state index is 12.8. The lowest BCUT2D eigenvalue weighted by Crippen LogP contribution is -2.40. The molecule has 2 amide bonds. The van der Waals surface area contributed by atoms with Crippen LogP contribution in [0.1, 0.15) is 27.7 Å². The first-order valence-corrected chi connectivity index (χ1v) is 9.97. The van der Waals surface area contributed by atoms with Crippen LogP contribution in [0.15, 0.2) is 24.3 Å². The summed E-state index contributed by atoms with van der Waals surface area (Å²) in [5.41, 5.74) is 1.17. The van der Waals surface area contributed by atoms with E-state index in [0.29, 0.717) is 41.6 Å². The van der Waals surface area contributed by atoms with Crippen LogP contribution in [0.4, 0.5) is 5.00 Å². The fourth-order valence-corrected chi connectivity index (χ4v) is 4.67. The van der Waals surface area contributed by atoms with Gasteiger partial charge in [-0.25, -0.2) is 4.79 Å². The Hall–Kier alpha value is -3.07. The standard InChI is InChI=1S/C20H20N2O6S/c1-11(23)22-8-7-12-16(9-22)29-19(17(12)20(25)26-2)21-18(24)15-10-27-13-5-3-4-6-14(13)28-15/h3-6,15H,7-10H2,1-2H3,(H,21,24)/t15-/m1/s1. The van der Waals surface area contributed by atoms with E-state index >= 15 is 0 Å². The zero-order chi connectivity index (χ0) is 20.5. The van der Waals surface area contributed by atoms with Crippen molar-refractivity contribution in [3.63, 3.8) is 0 Å². The van der Waals surface area contributed by atoms with Crippen LogP contribution in [0.2, 0.25) is 0 Å². The number of nitrogens with one attached hydrogen (secondary N) is 1. The average Bonchev–Trinajstić information content (AvgIpc) is 3.09. The summed E-state index contributed by atoms with van der Waals surface area (Å²) >= 11 is 1.28. The summed E-state index contributed by atoms with van der Waals surface area (Å²) in [6.45, 7) is 2.51. The van der Waals surface area contributed by atoms with Crippen LogP contribution in [-0.4, -0.2) is 49.0 Å². The van der Waals surface area contributed by atoms with Gasteiger partial charge in [0.2, 0.25) is 12.0 Å². The monoisotopic (exact) mass is 416 g/mol. The summed E-state index contributed by atoms with van der Waals surface area (Å²) in [6.07, 6.45) is -0.314. The minimum absolute atomic E-state index is 0.0272. The van der Waals surface area contributed by atoms with Gasteiger partial charge in [0.25, 0.3) is 5.91 Å². The normalized spacial score (nSPS) is 17.3. The minimum atomic E-state index is -0.844. The second-order valence-corrected chi connectivity index (χ2v) is 7.85. The number of benzene rings is 1. The van der Waals surface area contributed by atoms with Crippen LogP contribution in [0.5, 0.6) is 11.5 Å². The molecule has 0 unspecified atom stereocenters. The van der Waals surface area contributed by atoms with Crippen molar-refractivity contribution in [2.24, 2.45) is 0 Å². The molecule has 0 radical (unpaired) electrons. The molecule has 4 rings (SSSR count). The van der Waals surface area contributed by atoms with Gasteiger partial charge in [-0.2, -0.15) is 0 Å². The Morgan fingerprint density at radius 3 is 2.72 bits per heavy atom. The number of nitrogens with zero attached hydrogens (tertiary/aromatic N) is 1. The molecule has 0 saturated heterocycles. The summed E-state index contributed by atoms with van der Waals surface area (Å²) in [5, 5.41) is 3.20. The van der Waals surface area contributed by atoms with Gasteiger partial charge in [0.1, 0.15) is 11.6 Å². The Bertz CT molecular complexity index is 985. The highest BCUT2D eigenvalue weighted by Gasteiger charge is 2.33. The van der Waals surface area contributed by atoms with E-state index in [1.54, 1.807) is 23.1 Å². The number of thiophene rings is 1. The number of hydrogen-bond donors (Lipinski definition) is 1. The third-order valence-corrected chi connectivity index (χ3v) is 6.06. The van der Waals surface area contributed by atoms with Crippen LogP contribution in [0.3, 0.4) is 0 Å². The van der Waals surface area contributed by atoms with E-state index in [4.69, 9.17) is 14.2 Å². The Morgan fingerprint density at radius 2 is 2.00 bits per heavy atom. The first-order chi connectivity index (χ1) is 14.0. The molecule has 2 aliphatic heterocycles. The van der Waals surface area contributed by atoms with Crippen LogP contribution >= 0.6 is 11.3 Å². The first-order valence-electron chi connectivity index (χ1n) is 9.15. The number of para-hydroxylation sites is 2. The molecule has 2 aromatic rings. The summed E-state index contributed by atoms with van der Waals surface area (Å²) in [6, 6.07) is 7.12. The Labute approximate surface area is 171 Å². The molecule has 8 nitrogen and oxygen atoms in total. The van der Waals surface area contributed by atoms with E-state index < -0.39 is 18.0 Å². The third-order valence-electron chi connectivity index (χ3n) is 4.93. The number of esters is 1. The van der Waals surface area contributed by atoms with E-state index in [9.17, 15) is 14.4 Å². The SMILES string of the molecule is COC(=O)c1c(NC(=O)[C@H]2COc3ccccc3O2)sc2c1CCN(C(C)=O)C2. The summed E-state index contributed by atoms with van der Waals surface area (Å²) in [4.78, 5) is 39.5. The lowest BCUT2D eigenvalue weighted by molar-refractivity contribution is -0.129. The van der Waals surface area contributed by atoms with Gasteiger partial charge in [0, 0.05) is 18.3 Å². The van der Waals surface area contributed by atoms with Gasteiger partial charge >= 0.3 is 5.97 Å². The van der Waals surface area contributed by atoms with Crippen LogP contribution in [-0.2, 0) is 27.3 Å². The van der Waals surface area contributed by atoms with E-state index in [1.807, 2.05) is 6.07 Å². The number of methoxy groups -OCH3 is 1. The van der Waals surface area contributed by atoms with E-state index in [-0.39, 0.29) is 12.5 Å². The Morgan fingerprint density at radius 1 is 1.24 bits per heavy atom. The van der Waals surface area contributed by atoms with Gasteiger partial charge < -0.3 is 24.4 Å². The topological polar surface area (TPSA) is 94.2 Å². The van der Waals surface area contributed by atoms with Crippen molar-refractivity contribution in [2.45, 2.75) is 26.0 Å². The fraction of sp³-hybridized carbons (Fsp3) is 0.350. The van der Waals surface area contributed by atoms with Gasteiger partial charge in [-0.05, 0) is 24.1 Å². The number of ether oxygens (including phenoxy) is 3. The van der Waals surface area contributed by atoms with Gasteiger partial charge in [-0.15, -0.1) is 11.3 Å². The van der Waals surface area contributed by atoms with Gasteiger partial charge in [-0.3, -0.25) is 9.59 Å². The second kappa shape index (κ2) is 7.75. The number of anilines is 1. The van der Waals surface area contributed by atoms with Gasteiger partial charge in [0.05, 0.1) is 19.2 Å². The maximum Gasteiger partial charge on any atom is 0.341 e. The molecule has 1 aromatic heterocycles. The summed E-state index contributed by atoms with van der Waals surface area (Å²) in [7, 11) is 1.30. The Balaban J connectivity index is 1.58. The van der Waals surface area contributed by atoms with Gasteiger partial charge in [0.15, 0.2) is 11.5 Å². The molecule has 0 aliphatic carbocycles. The second-order valence-electron chi connectivity index (χ2n) is 6.74. The van der Waals surface area contributed by atoms with E-state index in [0.717, 1.165) is 10.4 Å². The molecule has 0 bridgehead atoms. The first kappa shape index (κ1) is 19.3. The molecule has 0 spiro atoms. The molecular formula is C20H20N2O6S. The average molecular weight is 416 g/mol. The van der Waals surface area contributed by atoms with Crippen molar-refractivity contribution in [2.75, 3.05) is 25.6 Å². The number of carbonyl (C=O) groups is 3. The molecule has 1 N–H and O–H groups in total. The van der Waals surface area contributed by atoms with Crippen molar-refractivity contribution in [1.29, 1.82) is 0 Å². The number of rotatable bonds is 3. The highest BCUT2D eigenvalue weighted by Crippen LogP contribution is 2.38.